The summed E-state index contributed by atoms with van der Waals surface area (Å²) in [5, 5.41) is 8.15. The highest BCUT2D eigenvalue weighted by atomic mass is 32.2. The maximum Gasteiger partial charge on any atom is 0.210 e. The molecule has 2 fully saturated rings. The molecule has 1 saturated heterocycles. The first-order valence-electron chi connectivity index (χ1n) is 6.01. The lowest BCUT2D eigenvalue weighted by Gasteiger charge is -2.35. The SMILES string of the molecule is NS(=O)(=O)CCNC1CCC2(CC1)OCCO2. The molecule has 2 rings (SSSR count). The van der Waals surface area contributed by atoms with E-state index in [2.05, 4.69) is 5.32 Å². The molecule has 2 aliphatic rings. The summed E-state index contributed by atoms with van der Waals surface area (Å²) in [5.41, 5.74) is 0. The van der Waals surface area contributed by atoms with Crippen LogP contribution in [0.25, 0.3) is 0 Å². The van der Waals surface area contributed by atoms with E-state index >= 15 is 0 Å². The van der Waals surface area contributed by atoms with E-state index in [-0.39, 0.29) is 11.5 Å². The average molecular weight is 264 g/mol. The summed E-state index contributed by atoms with van der Waals surface area (Å²) >= 11 is 0. The van der Waals surface area contributed by atoms with Gasteiger partial charge in [0.25, 0.3) is 0 Å². The molecular weight excluding hydrogens is 244 g/mol. The molecule has 6 nitrogen and oxygen atoms in total. The van der Waals surface area contributed by atoms with Crippen molar-refractivity contribution in [2.75, 3.05) is 25.5 Å². The first-order valence-corrected chi connectivity index (χ1v) is 7.72. The van der Waals surface area contributed by atoms with E-state index in [1.54, 1.807) is 0 Å². The zero-order valence-corrected chi connectivity index (χ0v) is 10.7. The monoisotopic (exact) mass is 264 g/mol. The molecule has 1 heterocycles. The summed E-state index contributed by atoms with van der Waals surface area (Å²) in [7, 11) is -3.36. The maximum absolute atomic E-state index is 10.8. The number of nitrogens with one attached hydrogen (secondary N) is 1. The number of ether oxygens (including phenoxy) is 2. The Morgan fingerprint density at radius 1 is 1.24 bits per heavy atom. The fraction of sp³-hybridized carbons (Fsp3) is 1.00. The van der Waals surface area contributed by atoms with Gasteiger partial charge in [0.2, 0.25) is 10.0 Å². The van der Waals surface area contributed by atoms with E-state index < -0.39 is 10.0 Å². The van der Waals surface area contributed by atoms with Gasteiger partial charge in [-0.25, -0.2) is 13.6 Å². The van der Waals surface area contributed by atoms with Gasteiger partial charge in [0.05, 0.1) is 19.0 Å². The molecule has 0 aromatic heterocycles. The molecule has 0 atom stereocenters. The number of nitrogens with two attached hydrogens (primary N) is 1. The van der Waals surface area contributed by atoms with Crippen molar-refractivity contribution < 1.29 is 17.9 Å². The Balaban J connectivity index is 1.69. The van der Waals surface area contributed by atoms with Crippen molar-refractivity contribution in [2.45, 2.75) is 37.5 Å². The van der Waals surface area contributed by atoms with Gasteiger partial charge in [0.1, 0.15) is 0 Å². The highest BCUT2D eigenvalue weighted by Crippen LogP contribution is 2.35. The van der Waals surface area contributed by atoms with Crippen molar-refractivity contribution in [2.24, 2.45) is 5.14 Å². The Bertz CT molecular complexity index is 341. The van der Waals surface area contributed by atoms with Gasteiger partial charge >= 0.3 is 0 Å². The van der Waals surface area contributed by atoms with Crippen LogP contribution in [-0.4, -0.2) is 45.8 Å². The molecule has 1 saturated carbocycles. The van der Waals surface area contributed by atoms with Gasteiger partial charge in [-0.3, -0.25) is 0 Å². The number of sulfonamides is 1. The van der Waals surface area contributed by atoms with Crippen LogP contribution in [0.1, 0.15) is 25.7 Å². The van der Waals surface area contributed by atoms with Gasteiger partial charge < -0.3 is 14.8 Å². The van der Waals surface area contributed by atoms with Gasteiger partial charge in [-0.2, -0.15) is 0 Å². The fourth-order valence-corrected chi connectivity index (χ4v) is 2.86. The van der Waals surface area contributed by atoms with Crippen LogP contribution in [0.3, 0.4) is 0 Å². The molecule has 7 heteroatoms. The first kappa shape index (κ1) is 13.2. The molecule has 17 heavy (non-hydrogen) atoms. The quantitative estimate of drug-likeness (QED) is 0.717. The van der Waals surface area contributed by atoms with Crippen molar-refractivity contribution in [3.63, 3.8) is 0 Å². The van der Waals surface area contributed by atoms with Crippen molar-refractivity contribution >= 4 is 10.0 Å². The second kappa shape index (κ2) is 5.19. The standard InChI is InChI=1S/C10H20N2O4S/c11-17(13,14)8-5-12-9-1-3-10(4-2-9)15-6-7-16-10/h9,12H,1-8H2,(H2,11,13,14). The Morgan fingerprint density at radius 2 is 1.82 bits per heavy atom. The molecule has 0 bridgehead atoms. The van der Waals surface area contributed by atoms with E-state index in [4.69, 9.17) is 14.6 Å². The van der Waals surface area contributed by atoms with E-state index in [0.29, 0.717) is 25.8 Å². The Labute approximate surface area is 102 Å². The van der Waals surface area contributed by atoms with Crippen LogP contribution in [0.4, 0.5) is 0 Å². The van der Waals surface area contributed by atoms with Crippen LogP contribution in [0.5, 0.6) is 0 Å². The molecule has 3 N–H and O–H groups in total. The normalized spacial score (nSPS) is 25.5. The summed E-state index contributed by atoms with van der Waals surface area (Å²) in [4.78, 5) is 0. The van der Waals surface area contributed by atoms with Crippen molar-refractivity contribution in [3.8, 4) is 0 Å². The molecule has 0 amide bonds. The van der Waals surface area contributed by atoms with Crippen molar-refractivity contribution in [3.05, 3.63) is 0 Å². The molecule has 0 unspecified atom stereocenters. The predicted molar refractivity (Wildman–Crippen MR) is 62.9 cm³/mol. The van der Waals surface area contributed by atoms with E-state index in [1.165, 1.54) is 0 Å². The van der Waals surface area contributed by atoms with Crippen LogP contribution in [0, 0.1) is 0 Å². The lowest BCUT2D eigenvalue weighted by molar-refractivity contribution is -0.179. The highest BCUT2D eigenvalue weighted by Gasteiger charge is 2.40. The van der Waals surface area contributed by atoms with Crippen LogP contribution in [0.2, 0.25) is 0 Å². The molecule has 0 aromatic carbocycles. The van der Waals surface area contributed by atoms with Crippen LogP contribution >= 0.6 is 0 Å². The third-order valence-corrected chi connectivity index (χ3v) is 4.15. The molecule has 0 radical (unpaired) electrons. The largest absolute Gasteiger partial charge is 0.348 e. The topological polar surface area (TPSA) is 90.7 Å². The Morgan fingerprint density at radius 3 is 2.35 bits per heavy atom. The van der Waals surface area contributed by atoms with Crippen LogP contribution in [0.15, 0.2) is 0 Å². The average Bonchev–Trinajstić information content (AvgIpc) is 2.68. The van der Waals surface area contributed by atoms with Crippen molar-refractivity contribution in [1.82, 2.24) is 5.32 Å². The zero-order valence-electron chi connectivity index (χ0n) is 9.85. The van der Waals surface area contributed by atoms with Gasteiger partial charge in [-0.1, -0.05) is 0 Å². The lowest BCUT2D eigenvalue weighted by atomic mass is 9.90. The number of rotatable bonds is 4. The number of primary sulfonamides is 1. The Hall–Kier alpha value is -0.210. The summed E-state index contributed by atoms with van der Waals surface area (Å²) in [5.74, 6) is -0.361. The van der Waals surface area contributed by atoms with Crippen LogP contribution in [-0.2, 0) is 19.5 Å². The first-order chi connectivity index (χ1) is 7.99. The van der Waals surface area contributed by atoms with E-state index in [9.17, 15) is 8.42 Å². The van der Waals surface area contributed by atoms with Gasteiger partial charge in [-0.05, 0) is 12.8 Å². The fourth-order valence-electron chi connectivity index (χ4n) is 2.45. The minimum absolute atomic E-state index is 0.0123. The zero-order chi connectivity index (χ0) is 12.4. The van der Waals surface area contributed by atoms with Crippen LogP contribution < -0.4 is 10.5 Å². The second-order valence-electron chi connectivity index (χ2n) is 4.70. The van der Waals surface area contributed by atoms with Crippen molar-refractivity contribution in [1.29, 1.82) is 0 Å². The summed E-state index contributed by atoms with van der Waals surface area (Å²) in [6.07, 6.45) is 3.65. The third-order valence-electron chi connectivity index (χ3n) is 3.38. The summed E-state index contributed by atoms with van der Waals surface area (Å²) in [6, 6.07) is 0.343. The van der Waals surface area contributed by atoms with Gasteiger partial charge in [0, 0.05) is 25.4 Å². The molecule has 0 aromatic rings. The summed E-state index contributed by atoms with van der Waals surface area (Å²) < 4.78 is 32.8. The molecule has 1 spiro atoms. The number of hydrogen-bond donors (Lipinski definition) is 2. The molecule has 1 aliphatic carbocycles. The lowest BCUT2D eigenvalue weighted by Crippen LogP contribution is -2.43. The maximum atomic E-state index is 10.8. The second-order valence-corrected chi connectivity index (χ2v) is 6.44. The van der Waals surface area contributed by atoms with E-state index in [0.717, 1.165) is 25.7 Å². The number of hydrogen-bond acceptors (Lipinski definition) is 5. The molecule has 100 valence electrons. The van der Waals surface area contributed by atoms with E-state index in [1.807, 2.05) is 0 Å². The predicted octanol–water partition coefficient (Wildman–Crippen LogP) is -0.450. The minimum atomic E-state index is -3.36. The van der Waals surface area contributed by atoms with Gasteiger partial charge in [-0.15, -0.1) is 0 Å². The smallest absolute Gasteiger partial charge is 0.210 e. The van der Waals surface area contributed by atoms with Gasteiger partial charge in [0.15, 0.2) is 5.79 Å². The summed E-state index contributed by atoms with van der Waals surface area (Å²) in [6.45, 7) is 1.78. The minimum Gasteiger partial charge on any atom is -0.348 e. The molecular formula is C10H20N2O4S. The highest BCUT2D eigenvalue weighted by molar-refractivity contribution is 7.89. The Kier molecular flexibility index (Phi) is 4.04. The third kappa shape index (κ3) is 3.89. The molecule has 1 aliphatic heterocycles.